The first kappa shape index (κ1) is 36.8. The number of pyridine rings is 1. The van der Waals surface area contributed by atoms with Gasteiger partial charge in [0.1, 0.15) is 5.82 Å². The van der Waals surface area contributed by atoms with Gasteiger partial charge in [-0.15, -0.1) is 0 Å². The number of hydrogen-bond donors (Lipinski definition) is 0. The van der Waals surface area contributed by atoms with Crippen molar-refractivity contribution in [3.05, 3.63) is 194 Å². The number of nitrogens with zero attached hydrogens (tertiary/aromatic N) is 10. The van der Waals surface area contributed by atoms with Crippen LogP contribution in [0.4, 0.5) is 0 Å². The molecule has 0 bridgehead atoms. The number of rotatable bonds is 9. The molecule has 10 rings (SSSR count). The van der Waals surface area contributed by atoms with Crippen LogP contribution in [0.1, 0.15) is 5.82 Å². The topological polar surface area (TPSA) is 129 Å². The van der Waals surface area contributed by atoms with E-state index in [1.807, 2.05) is 177 Å². The Hall–Kier alpha value is -8.50. The van der Waals surface area contributed by atoms with Crippen molar-refractivity contribution >= 4 is 0 Å². The lowest BCUT2D eigenvalue weighted by Crippen LogP contribution is -2.02. The molecule has 0 unspecified atom stereocenters. The Bertz CT molecular complexity index is 3060. The molecule has 0 spiro atoms. The maximum absolute atomic E-state index is 5.14. The summed E-state index contributed by atoms with van der Waals surface area (Å²) in [6.45, 7) is 1.88. The molecule has 0 radical (unpaired) electrons. The van der Waals surface area contributed by atoms with Crippen LogP contribution in [0.25, 0.3) is 102 Å². The molecule has 0 N–H and O–H groups in total. The van der Waals surface area contributed by atoms with Gasteiger partial charge in [-0.2, -0.15) is 0 Å². The van der Waals surface area contributed by atoms with Gasteiger partial charge in [0.2, 0.25) is 0 Å². The summed E-state index contributed by atoms with van der Waals surface area (Å²) in [5, 5.41) is 0. The Morgan fingerprint density at radius 3 is 0.852 bits per heavy atom. The van der Waals surface area contributed by atoms with Crippen molar-refractivity contribution in [2.75, 3.05) is 0 Å². The van der Waals surface area contributed by atoms with E-state index < -0.39 is 0 Å². The summed E-state index contributed by atoms with van der Waals surface area (Å²) < 4.78 is 0. The lowest BCUT2D eigenvalue weighted by atomic mass is 9.99. The molecule has 61 heavy (non-hydrogen) atoms. The van der Waals surface area contributed by atoms with E-state index in [0.29, 0.717) is 52.4 Å². The van der Waals surface area contributed by atoms with Crippen molar-refractivity contribution in [2.24, 2.45) is 0 Å². The monoisotopic (exact) mass is 786 g/mol. The molecule has 288 valence electrons. The van der Waals surface area contributed by atoms with Gasteiger partial charge in [0, 0.05) is 62.5 Å². The van der Waals surface area contributed by atoms with E-state index in [0.717, 1.165) is 55.6 Å². The largest absolute Gasteiger partial charge is 0.264 e. The van der Waals surface area contributed by atoms with Gasteiger partial charge in [-0.05, 0) is 36.8 Å². The summed E-state index contributed by atoms with van der Waals surface area (Å²) in [6.07, 6.45) is 3.60. The van der Waals surface area contributed by atoms with E-state index >= 15 is 0 Å². The highest BCUT2D eigenvalue weighted by Crippen LogP contribution is 2.34. The minimum atomic E-state index is 0.487. The highest BCUT2D eigenvalue weighted by Gasteiger charge is 2.18. The standard InChI is InChI=1S/C51H34N10/c1-33-53-44(34-15-6-2-7-16-34)55-45(54-33)38-24-26-39(27-25-38)49-57-48(37-21-12-5-13-22-37)60-51(61-49)43-30-41(40-23-14-28-52-32-40)29-42(31-43)50-58-46(35-17-8-3-9-18-35)56-47(59-50)36-19-10-4-11-20-36/h2-32H,1H3. The van der Waals surface area contributed by atoms with Crippen LogP contribution < -0.4 is 0 Å². The van der Waals surface area contributed by atoms with Crippen LogP contribution in [0.5, 0.6) is 0 Å². The van der Waals surface area contributed by atoms with E-state index in [1.165, 1.54) is 0 Å². The van der Waals surface area contributed by atoms with Gasteiger partial charge in [0.25, 0.3) is 0 Å². The quantitative estimate of drug-likeness (QED) is 0.139. The SMILES string of the molecule is Cc1nc(-c2ccccc2)nc(-c2ccc(-c3nc(-c4ccccc4)nc(-c4cc(-c5cccnc5)cc(-c5nc(-c6ccccc6)nc(-c6ccccc6)n5)c4)n3)cc2)n1. The molecular formula is C51H34N10. The van der Waals surface area contributed by atoms with Crippen molar-refractivity contribution in [2.45, 2.75) is 6.92 Å². The first-order chi connectivity index (χ1) is 30.1. The molecule has 0 aliphatic heterocycles. The van der Waals surface area contributed by atoms with Crippen molar-refractivity contribution in [3.8, 4) is 102 Å². The van der Waals surface area contributed by atoms with Crippen LogP contribution in [-0.2, 0) is 0 Å². The Kier molecular flexibility index (Phi) is 9.90. The predicted octanol–water partition coefficient (Wildman–Crippen LogP) is 10.9. The van der Waals surface area contributed by atoms with Gasteiger partial charge in [0.05, 0.1) is 0 Å². The Balaban J connectivity index is 1.12. The minimum Gasteiger partial charge on any atom is -0.264 e. The van der Waals surface area contributed by atoms with Crippen molar-refractivity contribution in [1.82, 2.24) is 49.8 Å². The molecule has 0 amide bonds. The average molecular weight is 787 g/mol. The van der Waals surface area contributed by atoms with E-state index in [2.05, 4.69) is 27.1 Å². The predicted molar refractivity (Wildman–Crippen MR) is 238 cm³/mol. The molecular weight excluding hydrogens is 753 g/mol. The first-order valence-corrected chi connectivity index (χ1v) is 19.7. The molecule has 0 aliphatic carbocycles. The summed E-state index contributed by atoms with van der Waals surface area (Å²) in [5.41, 5.74) is 8.55. The molecule has 0 atom stereocenters. The van der Waals surface area contributed by atoms with E-state index in [1.54, 1.807) is 6.20 Å². The van der Waals surface area contributed by atoms with Crippen LogP contribution in [0.3, 0.4) is 0 Å². The van der Waals surface area contributed by atoms with Crippen LogP contribution in [0.2, 0.25) is 0 Å². The summed E-state index contributed by atoms with van der Waals surface area (Å²) in [7, 11) is 0. The molecule has 0 aliphatic rings. The third-order valence-corrected chi connectivity index (χ3v) is 9.99. The van der Waals surface area contributed by atoms with Gasteiger partial charge in [-0.25, -0.2) is 44.9 Å². The highest BCUT2D eigenvalue weighted by atomic mass is 15.1. The molecule has 10 aromatic rings. The summed E-state index contributed by atoms with van der Waals surface area (Å²) >= 11 is 0. The van der Waals surface area contributed by atoms with Crippen LogP contribution in [-0.4, -0.2) is 49.8 Å². The average Bonchev–Trinajstić information content (AvgIpc) is 3.35. The third-order valence-electron chi connectivity index (χ3n) is 9.99. The van der Waals surface area contributed by atoms with Gasteiger partial charge < -0.3 is 0 Å². The molecule has 0 saturated carbocycles. The van der Waals surface area contributed by atoms with Crippen molar-refractivity contribution in [1.29, 1.82) is 0 Å². The van der Waals surface area contributed by atoms with E-state index in [4.69, 9.17) is 34.9 Å². The van der Waals surface area contributed by atoms with E-state index in [-0.39, 0.29) is 0 Å². The molecule has 10 nitrogen and oxygen atoms in total. The zero-order chi connectivity index (χ0) is 41.0. The fourth-order valence-corrected chi connectivity index (χ4v) is 6.97. The van der Waals surface area contributed by atoms with Gasteiger partial charge in [0.15, 0.2) is 46.6 Å². The van der Waals surface area contributed by atoms with Crippen LogP contribution in [0, 0.1) is 6.92 Å². The molecule has 10 heteroatoms. The summed E-state index contributed by atoms with van der Waals surface area (Å²) in [5.74, 6) is 5.04. The van der Waals surface area contributed by atoms with Crippen molar-refractivity contribution < 1.29 is 0 Å². The zero-order valence-electron chi connectivity index (χ0n) is 32.9. The highest BCUT2D eigenvalue weighted by molar-refractivity contribution is 5.79. The number of aryl methyl sites for hydroxylation is 1. The molecule has 6 aromatic carbocycles. The molecule has 0 saturated heterocycles. The normalized spacial score (nSPS) is 11.0. The third kappa shape index (κ3) is 8.01. The van der Waals surface area contributed by atoms with Gasteiger partial charge in [-0.1, -0.05) is 152 Å². The van der Waals surface area contributed by atoms with Gasteiger partial charge >= 0.3 is 0 Å². The molecule has 4 aromatic heterocycles. The fourth-order valence-electron chi connectivity index (χ4n) is 6.97. The molecule has 0 fully saturated rings. The Morgan fingerprint density at radius 1 is 0.246 bits per heavy atom. The Labute approximate surface area is 352 Å². The first-order valence-electron chi connectivity index (χ1n) is 19.7. The second-order valence-corrected chi connectivity index (χ2v) is 14.2. The maximum atomic E-state index is 5.14. The Morgan fingerprint density at radius 2 is 0.525 bits per heavy atom. The molecule has 4 heterocycles. The lowest BCUT2D eigenvalue weighted by Gasteiger charge is -2.13. The zero-order valence-corrected chi connectivity index (χ0v) is 32.9. The fraction of sp³-hybridized carbons (Fsp3) is 0.0196. The van der Waals surface area contributed by atoms with Gasteiger partial charge in [-0.3, -0.25) is 4.98 Å². The smallest absolute Gasteiger partial charge is 0.164 e. The number of aromatic nitrogens is 10. The second kappa shape index (κ2) is 16.4. The van der Waals surface area contributed by atoms with Crippen LogP contribution >= 0.6 is 0 Å². The number of hydrogen-bond acceptors (Lipinski definition) is 10. The van der Waals surface area contributed by atoms with Crippen molar-refractivity contribution in [3.63, 3.8) is 0 Å². The summed E-state index contributed by atoms with van der Waals surface area (Å²) in [6, 6.07) is 57.8. The summed E-state index contributed by atoms with van der Waals surface area (Å²) in [4.78, 5) is 48.8. The minimum absolute atomic E-state index is 0.487. The lowest BCUT2D eigenvalue weighted by molar-refractivity contribution is 0.992. The number of benzene rings is 6. The van der Waals surface area contributed by atoms with Crippen LogP contribution in [0.15, 0.2) is 188 Å². The van der Waals surface area contributed by atoms with E-state index in [9.17, 15) is 0 Å². The second-order valence-electron chi connectivity index (χ2n) is 14.2. The maximum Gasteiger partial charge on any atom is 0.164 e.